The van der Waals surface area contributed by atoms with Gasteiger partial charge in [0, 0.05) is 38.6 Å². The lowest BCUT2D eigenvalue weighted by Gasteiger charge is -2.14. The Morgan fingerprint density at radius 3 is 2.50 bits per heavy atom. The molecule has 7 heteroatoms. The minimum absolute atomic E-state index is 0.0381. The summed E-state index contributed by atoms with van der Waals surface area (Å²) in [6, 6.07) is 10.1. The summed E-state index contributed by atoms with van der Waals surface area (Å²) in [6.45, 7) is 2.01. The van der Waals surface area contributed by atoms with Crippen LogP contribution >= 0.6 is 0 Å². The maximum atomic E-state index is 4.60. The van der Waals surface area contributed by atoms with Gasteiger partial charge in [-0.05, 0) is 25.1 Å². The van der Waals surface area contributed by atoms with Crippen molar-refractivity contribution in [3.63, 3.8) is 0 Å². The third-order valence-electron chi connectivity index (χ3n) is 3.81. The highest BCUT2D eigenvalue weighted by Crippen LogP contribution is 2.22. The van der Waals surface area contributed by atoms with E-state index in [0.29, 0.717) is 5.95 Å². The molecule has 1 unspecified atom stereocenters. The van der Waals surface area contributed by atoms with E-state index in [1.165, 1.54) is 0 Å². The SMILES string of the molecule is CC(Nc1nccc(-c2ccc(N(C)C)cc2)n1)c1nncn1C. The molecule has 0 radical (unpaired) electrons. The molecule has 0 amide bonds. The van der Waals surface area contributed by atoms with Crippen molar-refractivity contribution in [2.75, 3.05) is 24.3 Å². The molecule has 0 bridgehead atoms. The van der Waals surface area contributed by atoms with Crippen LogP contribution < -0.4 is 10.2 Å². The topological polar surface area (TPSA) is 71.8 Å². The average Bonchev–Trinajstić information content (AvgIpc) is 3.01. The Labute approximate surface area is 141 Å². The van der Waals surface area contributed by atoms with Gasteiger partial charge in [0.25, 0.3) is 0 Å². The van der Waals surface area contributed by atoms with E-state index in [1.807, 2.05) is 38.7 Å². The first-order valence-electron chi connectivity index (χ1n) is 7.76. The highest BCUT2D eigenvalue weighted by molar-refractivity contribution is 5.63. The molecule has 0 aliphatic rings. The monoisotopic (exact) mass is 323 g/mol. The molecule has 0 saturated heterocycles. The zero-order chi connectivity index (χ0) is 17.1. The third-order valence-corrected chi connectivity index (χ3v) is 3.81. The number of nitrogens with one attached hydrogen (secondary N) is 1. The van der Waals surface area contributed by atoms with E-state index in [-0.39, 0.29) is 6.04 Å². The van der Waals surface area contributed by atoms with Crippen LogP contribution in [0.5, 0.6) is 0 Å². The molecule has 3 rings (SSSR count). The molecule has 1 N–H and O–H groups in total. The summed E-state index contributed by atoms with van der Waals surface area (Å²) in [5.41, 5.74) is 3.09. The molecule has 0 spiro atoms. The van der Waals surface area contributed by atoms with Gasteiger partial charge in [-0.3, -0.25) is 0 Å². The lowest BCUT2D eigenvalue weighted by atomic mass is 10.1. The van der Waals surface area contributed by atoms with Gasteiger partial charge in [0.05, 0.1) is 11.7 Å². The van der Waals surface area contributed by atoms with Crippen LogP contribution in [-0.4, -0.2) is 38.8 Å². The highest BCUT2D eigenvalue weighted by atomic mass is 15.3. The number of hydrogen-bond acceptors (Lipinski definition) is 6. The number of aryl methyl sites for hydroxylation is 1. The minimum Gasteiger partial charge on any atom is -0.378 e. The van der Waals surface area contributed by atoms with Gasteiger partial charge in [-0.1, -0.05) is 12.1 Å². The van der Waals surface area contributed by atoms with Crippen molar-refractivity contribution >= 4 is 11.6 Å². The van der Waals surface area contributed by atoms with Gasteiger partial charge < -0.3 is 14.8 Å². The molecule has 3 aromatic rings. The fourth-order valence-electron chi connectivity index (χ4n) is 2.46. The predicted octanol–water partition coefficient (Wildman–Crippen LogP) is 2.51. The van der Waals surface area contributed by atoms with E-state index < -0.39 is 0 Å². The van der Waals surface area contributed by atoms with Crippen molar-refractivity contribution in [3.05, 3.63) is 48.7 Å². The molecule has 0 fully saturated rings. The standard InChI is InChI=1S/C17H21N7/c1-12(16-22-19-11-24(16)4)20-17-18-10-9-15(21-17)13-5-7-14(8-6-13)23(2)3/h5-12H,1-4H3,(H,18,20,21). The number of anilines is 2. The zero-order valence-electron chi connectivity index (χ0n) is 14.3. The number of nitrogens with zero attached hydrogens (tertiary/aromatic N) is 6. The first-order valence-corrected chi connectivity index (χ1v) is 7.76. The maximum Gasteiger partial charge on any atom is 0.223 e. The third kappa shape index (κ3) is 3.34. The van der Waals surface area contributed by atoms with Crippen LogP contribution in [0.25, 0.3) is 11.3 Å². The maximum absolute atomic E-state index is 4.60. The normalized spacial score (nSPS) is 12.0. The second-order valence-electron chi connectivity index (χ2n) is 5.87. The molecule has 1 aromatic carbocycles. The van der Waals surface area contributed by atoms with E-state index in [4.69, 9.17) is 0 Å². The van der Waals surface area contributed by atoms with Crippen LogP contribution in [0, 0.1) is 0 Å². The van der Waals surface area contributed by atoms with Crippen LogP contribution in [0.3, 0.4) is 0 Å². The van der Waals surface area contributed by atoms with Crippen molar-refractivity contribution < 1.29 is 0 Å². The number of benzene rings is 1. The van der Waals surface area contributed by atoms with Crippen molar-refractivity contribution in [2.45, 2.75) is 13.0 Å². The molecule has 1 atom stereocenters. The summed E-state index contributed by atoms with van der Waals surface area (Å²) in [5, 5.41) is 11.3. The second kappa shape index (κ2) is 6.66. The van der Waals surface area contributed by atoms with Gasteiger partial charge in [0.15, 0.2) is 5.82 Å². The van der Waals surface area contributed by atoms with E-state index in [2.05, 4.69) is 54.6 Å². The second-order valence-corrected chi connectivity index (χ2v) is 5.87. The smallest absolute Gasteiger partial charge is 0.223 e. The molecular formula is C17H21N7. The van der Waals surface area contributed by atoms with Gasteiger partial charge >= 0.3 is 0 Å². The number of aromatic nitrogens is 5. The summed E-state index contributed by atoms with van der Waals surface area (Å²) in [6.07, 6.45) is 3.44. The van der Waals surface area contributed by atoms with Crippen LogP contribution in [0.2, 0.25) is 0 Å². The Kier molecular flexibility index (Phi) is 4.41. The summed E-state index contributed by atoms with van der Waals surface area (Å²) >= 11 is 0. The molecule has 0 saturated carbocycles. The molecule has 2 aromatic heterocycles. The summed E-state index contributed by atoms with van der Waals surface area (Å²) < 4.78 is 1.88. The quantitative estimate of drug-likeness (QED) is 0.778. The van der Waals surface area contributed by atoms with E-state index >= 15 is 0 Å². The molecule has 24 heavy (non-hydrogen) atoms. The van der Waals surface area contributed by atoms with Gasteiger partial charge in [0.2, 0.25) is 5.95 Å². The molecule has 2 heterocycles. The predicted molar refractivity (Wildman–Crippen MR) is 94.8 cm³/mol. The molecule has 0 aliphatic carbocycles. The van der Waals surface area contributed by atoms with E-state index in [0.717, 1.165) is 22.8 Å². The van der Waals surface area contributed by atoms with E-state index in [1.54, 1.807) is 12.5 Å². The van der Waals surface area contributed by atoms with Gasteiger partial charge in [0.1, 0.15) is 6.33 Å². The average molecular weight is 323 g/mol. The van der Waals surface area contributed by atoms with Crippen LogP contribution in [0.15, 0.2) is 42.9 Å². The summed E-state index contributed by atoms with van der Waals surface area (Å²) in [5.74, 6) is 1.40. The lowest BCUT2D eigenvalue weighted by molar-refractivity contribution is 0.713. The first kappa shape index (κ1) is 15.9. The van der Waals surface area contributed by atoms with Crippen molar-refractivity contribution in [2.24, 2.45) is 7.05 Å². The first-order chi connectivity index (χ1) is 11.5. The molecular weight excluding hydrogens is 302 g/mol. The van der Waals surface area contributed by atoms with Crippen molar-refractivity contribution in [1.82, 2.24) is 24.7 Å². The van der Waals surface area contributed by atoms with Crippen LogP contribution in [0.4, 0.5) is 11.6 Å². The molecule has 7 nitrogen and oxygen atoms in total. The largest absolute Gasteiger partial charge is 0.378 e. The van der Waals surface area contributed by atoms with Gasteiger partial charge in [-0.2, -0.15) is 0 Å². The lowest BCUT2D eigenvalue weighted by Crippen LogP contribution is -2.13. The van der Waals surface area contributed by atoms with E-state index in [9.17, 15) is 0 Å². The Balaban J connectivity index is 1.80. The number of hydrogen-bond donors (Lipinski definition) is 1. The van der Waals surface area contributed by atoms with Gasteiger partial charge in [-0.25, -0.2) is 9.97 Å². The fourth-order valence-corrected chi connectivity index (χ4v) is 2.46. The van der Waals surface area contributed by atoms with Crippen molar-refractivity contribution in [3.8, 4) is 11.3 Å². The summed E-state index contributed by atoms with van der Waals surface area (Å²) in [7, 11) is 5.96. The Bertz CT molecular complexity index is 808. The van der Waals surface area contributed by atoms with Crippen molar-refractivity contribution in [1.29, 1.82) is 0 Å². The summed E-state index contributed by atoms with van der Waals surface area (Å²) in [4.78, 5) is 11.0. The van der Waals surface area contributed by atoms with Crippen LogP contribution in [0.1, 0.15) is 18.8 Å². The number of rotatable bonds is 5. The van der Waals surface area contributed by atoms with Gasteiger partial charge in [-0.15, -0.1) is 10.2 Å². The molecule has 124 valence electrons. The zero-order valence-corrected chi connectivity index (χ0v) is 14.3. The Morgan fingerprint density at radius 1 is 1.12 bits per heavy atom. The Hall–Kier alpha value is -2.96. The minimum atomic E-state index is -0.0381. The van der Waals surface area contributed by atoms with Crippen LogP contribution in [-0.2, 0) is 7.05 Å². The molecule has 0 aliphatic heterocycles. The fraction of sp³-hybridized carbons (Fsp3) is 0.294. The Morgan fingerprint density at radius 2 is 1.88 bits per heavy atom. The highest BCUT2D eigenvalue weighted by Gasteiger charge is 2.12.